The largest absolute Gasteiger partial charge is 0.0619 e. The zero-order valence-electron chi connectivity index (χ0n) is 57.0. The molecule has 0 atom stereocenters. The van der Waals surface area contributed by atoms with E-state index in [0.717, 1.165) is 0 Å². The highest BCUT2D eigenvalue weighted by molar-refractivity contribution is 6.37. The van der Waals surface area contributed by atoms with Gasteiger partial charge in [-0.25, -0.2) is 0 Å². The Morgan fingerprint density at radius 1 is 0.200 bits per heavy atom. The van der Waals surface area contributed by atoms with Gasteiger partial charge in [-0.2, -0.15) is 0 Å². The minimum absolute atomic E-state index is 0.189. The van der Waals surface area contributed by atoms with Crippen LogP contribution in [0.3, 0.4) is 0 Å². The molecule has 0 aliphatic heterocycles. The van der Waals surface area contributed by atoms with Gasteiger partial charge in [-0.1, -0.05) is 272 Å². The second kappa shape index (κ2) is 18.7. The van der Waals surface area contributed by atoms with Crippen LogP contribution in [0.15, 0.2) is 237 Å². The van der Waals surface area contributed by atoms with Crippen LogP contribution in [-0.4, -0.2) is 0 Å². The lowest BCUT2D eigenvalue weighted by Gasteiger charge is -2.30. The summed E-state index contributed by atoms with van der Waals surface area (Å²) >= 11 is 0. The Balaban J connectivity index is 1.03. The summed E-state index contributed by atoms with van der Waals surface area (Å²) in [5.74, 6) is 0. The van der Waals surface area contributed by atoms with Gasteiger partial charge in [-0.15, -0.1) is 0 Å². The molecule has 14 aromatic carbocycles. The van der Waals surface area contributed by atoms with Crippen LogP contribution in [0.5, 0.6) is 0 Å². The fraction of sp³-hybridized carbons (Fsp3) is 0.200. The van der Waals surface area contributed by atoms with Gasteiger partial charge < -0.3 is 0 Å². The summed E-state index contributed by atoms with van der Waals surface area (Å²) in [4.78, 5) is 0. The van der Waals surface area contributed by atoms with E-state index in [0.29, 0.717) is 0 Å². The summed E-state index contributed by atoms with van der Waals surface area (Å²) < 4.78 is 0. The van der Waals surface area contributed by atoms with Crippen LogP contribution in [0, 0.1) is 0 Å². The van der Waals surface area contributed by atoms with Crippen LogP contribution in [0.1, 0.15) is 151 Å². The van der Waals surface area contributed by atoms with Crippen molar-refractivity contribution < 1.29 is 0 Å². The summed E-state index contributed by atoms with van der Waals surface area (Å²) in [7, 11) is 0. The molecule has 458 valence electrons. The first-order chi connectivity index (χ1) is 45.5. The lowest BCUT2D eigenvalue weighted by molar-refractivity contribution is 0.592. The maximum absolute atomic E-state index is 2.63. The molecule has 19 rings (SSSR count). The number of hydrogen-bond donors (Lipinski definition) is 0. The molecule has 0 radical (unpaired) electrons. The van der Waals surface area contributed by atoms with E-state index in [1.165, 1.54) is 205 Å². The molecule has 5 aliphatic carbocycles. The highest BCUT2D eigenvalue weighted by Crippen LogP contribution is 2.61. The SMILES string of the molecule is CC(C)(C)c1cc2c(-c3ccc4c(c3)C(C)(C)c3ccccc3-4)c(-c3ccc4c(c3)C(C)(C)c3ccccc3-4)c3cc(-c4ccc5c(c4)C(C)(C)c4ccccc4-5)cc4c(-c5ccc6c(c5)C(C)(C)c5ccccc5-6)c(-c5ccc6c(c5)C(C)(C)c5ccccc5-6)c(c1)c2c34. The first-order valence-electron chi connectivity index (χ1n) is 34.6. The van der Waals surface area contributed by atoms with Crippen LogP contribution in [0.2, 0.25) is 0 Å². The number of benzene rings is 14. The summed E-state index contributed by atoms with van der Waals surface area (Å²) in [6.07, 6.45) is 0. The van der Waals surface area contributed by atoms with Crippen molar-refractivity contribution in [2.24, 2.45) is 0 Å². The van der Waals surface area contributed by atoms with E-state index in [1.54, 1.807) is 0 Å². The quantitative estimate of drug-likeness (QED) is 0.151. The van der Waals surface area contributed by atoms with E-state index < -0.39 is 0 Å². The van der Waals surface area contributed by atoms with E-state index in [4.69, 9.17) is 0 Å². The third-order valence-electron chi connectivity index (χ3n) is 24.4. The average molecular weight is 1220 g/mol. The molecule has 14 aromatic rings. The lowest BCUT2D eigenvalue weighted by Crippen LogP contribution is -2.15. The van der Waals surface area contributed by atoms with Crippen molar-refractivity contribution in [2.75, 3.05) is 0 Å². The molecule has 95 heavy (non-hydrogen) atoms. The summed E-state index contributed by atoms with van der Waals surface area (Å²) in [6, 6.07) is 93.9. The lowest BCUT2D eigenvalue weighted by atomic mass is 9.73. The van der Waals surface area contributed by atoms with Gasteiger partial charge in [0.05, 0.1) is 0 Å². The Labute approximate surface area is 560 Å². The molecule has 0 aromatic heterocycles. The normalized spacial score (nSPS) is 16.3. The molecule has 0 spiro atoms. The number of fused-ring (bicyclic) bond motifs is 15. The van der Waals surface area contributed by atoms with Crippen molar-refractivity contribution in [1.82, 2.24) is 0 Å². The third-order valence-corrected chi connectivity index (χ3v) is 24.4. The van der Waals surface area contributed by atoms with Gasteiger partial charge in [-0.05, 0) is 265 Å². The number of rotatable bonds is 5. The molecule has 0 heteroatoms. The van der Waals surface area contributed by atoms with Crippen LogP contribution in [0.4, 0.5) is 0 Å². The fourth-order valence-electron chi connectivity index (χ4n) is 19.3. The Morgan fingerprint density at radius 3 is 0.663 bits per heavy atom. The van der Waals surface area contributed by atoms with E-state index in [-0.39, 0.29) is 32.5 Å². The molecule has 0 heterocycles. The van der Waals surface area contributed by atoms with Gasteiger partial charge in [0.25, 0.3) is 0 Å². The van der Waals surface area contributed by atoms with Gasteiger partial charge >= 0.3 is 0 Å². The van der Waals surface area contributed by atoms with Crippen LogP contribution < -0.4 is 0 Å². The predicted molar refractivity (Wildman–Crippen MR) is 404 cm³/mol. The van der Waals surface area contributed by atoms with Crippen molar-refractivity contribution in [1.29, 1.82) is 0 Å². The molecule has 0 amide bonds. The molecule has 0 saturated carbocycles. The molecule has 5 aliphatic rings. The second-order valence-electron chi connectivity index (χ2n) is 32.3. The molecule has 0 N–H and O–H groups in total. The highest BCUT2D eigenvalue weighted by atomic mass is 14.5. The maximum atomic E-state index is 2.63. The van der Waals surface area contributed by atoms with Crippen molar-refractivity contribution in [3.8, 4) is 111 Å². The van der Waals surface area contributed by atoms with Gasteiger partial charge in [-0.3, -0.25) is 0 Å². The first-order valence-corrected chi connectivity index (χ1v) is 34.6. The fourth-order valence-corrected chi connectivity index (χ4v) is 19.3. The van der Waals surface area contributed by atoms with Crippen molar-refractivity contribution in [2.45, 2.75) is 122 Å². The highest BCUT2D eigenvalue weighted by Gasteiger charge is 2.42. The van der Waals surface area contributed by atoms with Crippen LogP contribution in [0.25, 0.3) is 144 Å². The molecular weight excluding hydrogens is 1140 g/mol. The molecule has 0 fully saturated rings. The monoisotopic (exact) mass is 1220 g/mol. The average Bonchev–Trinajstić information content (AvgIpc) is 1.32. The van der Waals surface area contributed by atoms with Gasteiger partial charge in [0, 0.05) is 27.1 Å². The Morgan fingerprint density at radius 2 is 0.411 bits per heavy atom. The third kappa shape index (κ3) is 7.44. The van der Waals surface area contributed by atoms with Crippen molar-refractivity contribution in [3.05, 3.63) is 298 Å². The van der Waals surface area contributed by atoms with Crippen LogP contribution >= 0.6 is 0 Å². The molecular formula is C95H78. The zero-order chi connectivity index (χ0) is 64.9. The van der Waals surface area contributed by atoms with E-state index in [1.807, 2.05) is 0 Å². The van der Waals surface area contributed by atoms with Crippen LogP contribution in [-0.2, 0) is 32.5 Å². The van der Waals surface area contributed by atoms with Gasteiger partial charge in [0.2, 0.25) is 0 Å². The summed E-state index contributed by atoms with van der Waals surface area (Å²) in [5, 5.41) is 7.80. The van der Waals surface area contributed by atoms with Gasteiger partial charge in [0.1, 0.15) is 0 Å². The van der Waals surface area contributed by atoms with E-state index >= 15 is 0 Å². The Hall–Kier alpha value is -9.88. The smallest absolute Gasteiger partial charge is 0.0159 e. The van der Waals surface area contributed by atoms with Crippen molar-refractivity contribution in [3.63, 3.8) is 0 Å². The predicted octanol–water partition coefficient (Wildman–Crippen LogP) is 25.7. The first kappa shape index (κ1) is 56.6. The van der Waals surface area contributed by atoms with E-state index in [9.17, 15) is 0 Å². The minimum atomic E-state index is -0.223. The summed E-state index contributed by atoms with van der Waals surface area (Å²) in [5.41, 5.74) is 39.8. The Kier molecular flexibility index (Phi) is 11.2. The number of hydrogen-bond acceptors (Lipinski definition) is 0. The Bertz CT molecular complexity index is 5480. The molecule has 0 unspecified atom stereocenters. The topological polar surface area (TPSA) is 0 Å². The maximum Gasteiger partial charge on any atom is 0.0159 e. The molecule has 0 bridgehead atoms. The van der Waals surface area contributed by atoms with E-state index in [2.05, 4.69) is 327 Å². The second-order valence-corrected chi connectivity index (χ2v) is 32.3. The standard InChI is InChI=1S/C95H78/c1-90(2,3)59-51-72-86(56-37-42-68-63-27-17-22-32-77(63)94(10,11)82(68)49-56)84(54-35-40-66-61-25-15-20-30-75(61)92(6,7)80(66)47-54)70-44-58(53-34-39-65-60-24-14-19-29-74(60)91(4,5)79(65)46-53)45-71-85(55-36-41-67-62-26-16-21-31-76(62)93(8,9)81(67)48-55)87(73(52-59)89(72)88(70)71)57-38-43-69-64-28-18-23-33-78(64)95(12,13)83(69)50-57/h14-52H,1-13H3. The minimum Gasteiger partial charge on any atom is -0.0619 e. The molecule has 0 nitrogen and oxygen atoms in total. The molecule has 0 saturated heterocycles. The zero-order valence-corrected chi connectivity index (χ0v) is 57.0. The summed E-state index contributed by atoms with van der Waals surface area (Å²) in [6.45, 7) is 31.7. The van der Waals surface area contributed by atoms with Gasteiger partial charge in [0.15, 0.2) is 0 Å². The van der Waals surface area contributed by atoms with Crippen molar-refractivity contribution >= 4 is 32.3 Å².